The van der Waals surface area contributed by atoms with Crippen molar-refractivity contribution in [3.05, 3.63) is 11.7 Å². The molecule has 2 amide bonds. The summed E-state index contributed by atoms with van der Waals surface area (Å²) < 4.78 is 10.9. The number of fused-ring (bicyclic) bond motifs is 1. The van der Waals surface area contributed by atoms with Gasteiger partial charge in [-0.2, -0.15) is 4.98 Å². The van der Waals surface area contributed by atoms with E-state index in [2.05, 4.69) is 20.4 Å². The first-order chi connectivity index (χ1) is 13.9. The summed E-state index contributed by atoms with van der Waals surface area (Å²) >= 11 is 0. The molecule has 1 unspecified atom stereocenters. The van der Waals surface area contributed by atoms with Gasteiger partial charge in [0.1, 0.15) is 0 Å². The zero-order valence-electron chi connectivity index (χ0n) is 17.5. The SMILES string of the molecule is Cc1noc([C@]23C[C@H](NC(=O)CN4CCOCC4)CC2CN(C(=O)C(C)C)C3)n1. The summed E-state index contributed by atoms with van der Waals surface area (Å²) in [6.07, 6.45) is 1.54. The molecule has 2 aliphatic heterocycles. The van der Waals surface area contributed by atoms with Gasteiger partial charge in [-0.25, -0.2) is 0 Å². The number of aromatic nitrogens is 2. The van der Waals surface area contributed by atoms with Crippen LogP contribution in [0.4, 0.5) is 0 Å². The molecule has 1 aromatic rings. The van der Waals surface area contributed by atoms with Gasteiger partial charge in [0, 0.05) is 38.1 Å². The minimum Gasteiger partial charge on any atom is -0.379 e. The third kappa shape index (κ3) is 4.02. The summed E-state index contributed by atoms with van der Waals surface area (Å²) in [5.41, 5.74) is -0.372. The van der Waals surface area contributed by atoms with Crippen LogP contribution in [-0.4, -0.2) is 83.7 Å². The standard InChI is InChI=1S/C20H31N5O4/c1-13(2)18(27)25-10-15-8-16(22-17(26)11-24-4-6-28-7-5-24)9-20(15,12-25)19-21-14(3)23-29-19/h13,15-16H,4-12H2,1-3H3,(H,22,26)/t15?,16-,20+/m1/s1. The topological polar surface area (TPSA) is 101 Å². The first kappa shape index (κ1) is 20.3. The molecule has 29 heavy (non-hydrogen) atoms. The molecule has 1 saturated carbocycles. The summed E-state index contributed by atoms with van der Waals surface area (Å²) in [5, 5.41) is 7.20. The third-order valence-corrected chi connectivity index (χ3v) is 6.47. The molecule has 0 radical (unpaired) electrons. The Kier molecular flexibility index (Phi) is 5.61. The van der Waals surface area contributed by atoms with Crippen molar-refractivity contribution in [3.63, 3.8) is 0 Å². The molecule has 1 aromatic heterocycles. The van der Waals surface area contributed by atoms with Crippen molar-refractivity contribution in [3.8, 4) is 0 Å². The summed E-state index contributed by atoms with van der Waals surface area (Å²) in [6, 6.07) is 0.0528. The molecule has 0 spiro atoms. The number of amides is 2. The Morgan fingerprint density at radius 3 is 2.72 bits per heavy atom. The van der Waals surface area contributed by atoms with Gasteiger partial charge in [0.15, 0.2) is 5.82 Å². The van der Waals surface area contributed by atoms with Crippen LogP contribution in [0.25, 0.3) is 0 Å². The van der Waals surface area contributed by atoms with Crippen LogP contribution >= 0.6 is 0 Å². The Balaban J connectivity index is 1.45. The van der Waals surface area contributed by atoms with E-state index in [0.29, 0.717) is 44.6 Å². The van der Waals surface area contributed by atoms with Crippen LogP contribution in [0, 0.1) is 18.8 Å². The van der Waals surface area contributed by atoms with E-state index >= 15 is 0 Å². The minimum atomic E-state index is -0.372. The highest BCUT2D eigenvalue weighted by molar-refractivity contribution is 5.79. The summed E-state index contributed by atoms with van der Waals surface area (Å²) in [6.45, 7) is 10.2. The Labute approximate surface area is 171 Å². The van der Waals surface area contributed by atoms with Crippen molar-refractivity contribution >= 4 is 11.8 Å². The van der Waals surface area contributed by atoms with Crippen LogP contribution in [0.15, 0.2) is 4.52 Å². The van der Waals surface area contributed by atoms with Gasteiger partial charge < -0.3 is 19.5 Å². The zero-order valence-corrected chi connectivity index (χ0v) is 17.5. The Morgan fingerprint density at radius 2 is 2.07 bits per heavy atom. The number of hydrogen-bond donors (Lipinski definition) is 1. The zero-order chi connectivity index (χ0) is 20.6. The third-order valence-electron chi connectivity index (χ3n) is 6.47. The molecule has 3 heterocycles. The van der Waals surface area contributed by atoms with Gasteiger partial charge in [-0.1, -0.05) is 19.0 Å². The van der Waals surface area contributed by atoms with Crippen LogP contribution in [0.5, 0.6) is 0 Å². The highest BCUT2D eigenvalue weighted by atomic mass is 16.5. The number of aryl methyl sites for hydroxylation is 1. The quantitative estimate of drug-likeness (QED) is 0.754. The highest BCUT2D eigenvalue weighted by Crippen LogP contribution is 2.50. The lowest BCUT2D eigenvalue weighted by Gasteiger charge is -2.28. The number of ether oxygens (including phenoxy) is 1. The molecule has 0 bridgehead atoms. The normalized spacial score (nSPS) is 30.0. The molecule has 0 aromatic carbocycles. The first-order valence-electron chi connectivity index (χ1n) is 10.6. The van der Waals surface area contributed by atoms with Crippen LogP contribution in [0.2, 0.25) is 0 Å². The molecule has 1 aliphatic carbocycles. The number of nitrogens with zero attached hydrogens (tertiary/aromatic N) is 4. The number of hydrogen-bond acceptors (Lipinski definition) is 7. The Hall–Kier alpha value is -2.00. The average Bonchev–Trinajstić information content (AvgIpc) is 3.34. The molecule has 2 saturated heterocycles. The van der Waals surface area contributed by atoms with Crippen molar-refractivity contribution < 1.29 is 18.8 Å². The van der Waals surface area contributed by atoms with Gasteiger partial charge in [-0.05, 0) is 25.7 Å². The lowest BCUT2D eigenvalue weighted by Crippen LogP contribution is -2.46. The van der Waals surface area contributed by atoms with Crippen LogP contribution in [0.1, 0.15) is 38.4 Å². The van der Waals surface area contributed by atoms with Crippen LogP contribution in [-0.2, 0) is 19.7 Å². The van der Waals surface area contributed by atoms with Gasteiger partial charge in [-0.15, -0.1) is 0 Å². The summed E-state index contributed by atoms with van der Waals surface area (Å²) in [4.78, 5) is 33.8. The van der Waals surface area contributed by atoms with Gasteiger partial charge in [0.25, 0.3) is 0 Å². The van der Waals surface area contributed by atoms with E-state index in [0.717, 1.165) is 25.9 Å². The van der Waals surface area contributed by atoms with Gasteiger partial charge in [0.2, 0.25) is 17.7 Å². The smallest absolute Gasteiger partial charge is 0.235 e. The lowest BCUT2D eigenvalue weighted by atomic mass is 9.80. The molecule has 9 heteroatoms. The number of likely N-dealkylation sites (tertiary alicyclic amines) is 1. The Bertz CT molecular complexity index is 760. The predicted octanol–water partition coefficient (Wildman–Crippen LogP) is 0.341. The number of carbonyl (C=O) groups is 2. The molecule has 9 nitrogen and oxygen atoms in total. The van der Waals surface area contributed by atoms with Gasteiger partial charge in [0.05, 0.1) is 25.2 Å². The highest BCUT2D eigenvalue weighted by Gasteiger charge is 2.58. The largest absolute Gasteiger partial charge is 0.379 e. The van der Waals surface area contributed by atoms with E-state index in [9.17, 15) is 9.59 Å². The van der Waals surface area contributed by atoms with Crippen LogP contribution in [0.3, 0.4) is 0 Å². The van der Waals surface area contributed by atoms with Crippen molar-refractivity contribution in [2.75, 3.05) is 45.9 Å². The molecule has 160 valence electrons. The van der Waals surface area contributed by atoms with Crippen molar-refractivity contribution in [2.24, 2.45) is 11.8 Å². The average molecular weight is 405 g/mol. The van der Waals surface area contributed by atoms with Gasteiger partial charge >= 0.3 is 0 Å². The van der Waals surface area contributed by atoms with E-state index in [-0.39, 0.29) is 35.1 Å². The molecular weight excluding hydrogens is 374 g/mol. The summed E-state index contributed by atoms with van der Waals surface area (Å²) in [7, 11) is 0. The van der Waals surface area contributed by atoms with E-state index in [4.69, 9.17) is 9.26 Å². The second kappa shape index (κ2) is 8.02. The fourth-order valence-corrected chi connectivity index (χ4v) is 5.08. The fourth-order valence-electron chi connectivity index (χ4n) is 5.08. The van der Waals surface area contributed by atoms with Crippen LogP contribution < -0.4 is 5.32 Å². The van der Waals surface area contributed by atoms with Crippen molar-refractivity contribution in [2.45, 2.75) is 45.1 Å². The maximum Gasteiger partial charge on any atom is 0.235 e. The molecule has 1 N–H and O–H groups in total. The maximum absolute atomic E-state index is 12.6. The van der Waals surface area contributed by atoms with E-state index < -0.39 is 0 Å². The fraction of sp³-hybridized carbons (Fsp3) is 0.800. The second-order valence-corrected chi connectivity index (χ2v) is 8.97. The first-order valence-corrected chi connectivity index (χ1v) is 10.6. The van der Waals surface area contributed by atoms with E-state index in [1.54, 1.807) is 6.92 Å². The number of carbonyl (C=O) groups excluding carboxylic acids is 2. The predicted molar refractivity (Wildman–Crippen MR) is 104 cm³/mol. The molecular formula is C20H31N5O4. The van der Waals surface area contributed by atoms with E-state index in [1.807, 2.05) is 18.7 Å². The second-order valence-electron chi connectivity index (χ2n) is 8.97. The molecule has 3 aliphatic rings. The number of morpholine rings is 1. The lowest BCUT2D eigenvalue weighted by molar-refractivity contribution is -0.134. The van der Waals surface area contributed by atoms with E-state index in [1.165, 1.54) is 0 Å². The molecule has 4 rings (SSSR count). The van der Waals surface area contributed by atoms with Crippen molar-refractivity contribution in [1.29, 1.82) is 0 Å². The molecule has 3 atom stereocenters. The van der Waals surface area contributed by atoms with Crippen molar-refractivity contribution in [1.82, 2.24) is 25.3 Å². The minimum absolute atomic E-state index is 0.0423. The Morgan fingerprint density at radius 1 is 1.31 bits per heavy atom. The van der Waals surface area contributed by atoms with Gasteiger partial charge in [-0.3, -0.25) is 14.5 Å². The summed E-state index contributed by atoms with van der Waals surface area (Å²) in [5.74, 6) is 1.57. The number of nitrogens with one attached hydrogen (secondary N) is 1. The maximum atomic E-state index is 12.6. The molecule has 3 fully saturated rings. The number of rotatable bonds is 5. The monoisotopic (exact) mass is 405 g/mol.